The second-order valence-electron chi connectivity index (χ2n) is 9.60. The first-order valence-corrected chi connectivity index (χ1v) is 11.9. The molecule has 0 spiro atoms. The molecule has 3 N–H and O–H groups in total. The number of alkyl carbamates (subject to hydrolysis) is 1. The molecule has 180 valence electrons. The highest BCUT2D eigenvalue weighted by molar-refractivity contribution is 5.81. The van der Waals surface area contributed by atoms with E-state index in [0.29, 0.717) is 12.8 Å². The third-order valence-corrected chi connectivity index (χ3v) is 7.30. The van der Waals surface area contributed by atoms with E-state index >= 15 is 0 Å². The predicted molar refractivity (Wildman–Crippen MR) is 128 cm³/mol. The van der Waals surface area contributed by atoms with Crippen molar-refractivity contribution in [1.82, 2.24) is 10.6 Å². The summed E-state index contributed by atoms with van der Waals surface area (Å²) in [5.74, 6) is -1.94. The van der Waals surface area contributed by atoms with Crippen LogP contribution in [-0.2, 0) is 14.3 Å². The maximum absolute atomic E-state index is 12.8. The zero-order valence-corrected chi connectivity index (χ0v) is 19.7. The van der Waals surface area contributed by atoms with Gasteiger partial charge in [0.2, 0.25) is 5.91 Å². The third kappa shape index (κ3) is 4.93. The Kier molecular flexibility index (Phi) is 6.91. The molecule has 2 unspecified atom stereocenters. The molecule has 4 rings (SSSR count). The normalized spacial score (nSPS) is 17.8. The second kappa shape index (κ2) is 9.87. The molecule has 7 nitrogen and oxygen atoms in total. The number of hydrogen-bond donors (Lipinski definition) is 3. The summed E-state index contributed by atoms with van der Waals surface area (Å²) in [6.45, 7) is 3.46. The highest BCUT2D eigenvalue weighted by Crippen LogP contribution is 2.44. The molecule has 2 amide bonds. The first-order valence-electron chi connectivity index (χ1n) is 11.9. The third-order valence-electron chi connectivity index (χ3n) is 7.30. The van der Waals surface area contributed by atoms with E-state index in [0.717, 1.165) is 24.0 Å². The summed E-state index contributed by atoms with van der Waals surface area (Å²) in [4.78, 5) is 36.7. The van der Waals surface area contributed by atoms with E-state index in [1.165, 1.54) is 11.1 Å². The summed E-state index contributed by atoms with van der Waals surface area (Å²) in [6, 6.07) is 15.8. The smallest absolute Gasteiger partial charge is 0.407 e. The fraction of sp³-hybridized carbons (Fsp3) is 0.444. The van der Waals surface area contributed by atoms with E-state index in [1.807, 2.05) is 24.3 Å². The number of carboxylic acid groups (broad SMARTS) is 1. The lowest BCUT2D eigenvalue weighted by Gasteiger charge is -2.30. The Balaban J connectivity index is 1.38. The number of fused-ring (bicyclic) bond motifs is 3. The van der Waals surface area contributed by atoms with E-state index in [-0.39, 0.29) is 24.9 Å². The van der Waals surface area contributed by atoms with Crippen molar-refractivity contribution in [2.75, 3.05) is 6.61 Å². The van der Waals surface area contributed by atoms with Gasteiger partial charge < -0.3 is 20.5 Å². The summed E-state index contributed by atoms with van der Waals surface area (Å²) in [5.41, 5.74) is 3.96. The van der Waals surface area contributed by atoms with Gasteiger partial charge in [-0.3, -0.25) is 9.59 Å². The van der Waals surface area contributed by atoms with Crippen LogP contribution in [0.25, 0.3) is 11.1 Å². The number of benzene rings is 2. The first kappa shape index (κ1) is 23.8. The molecule has 2 atom stereocenters. The van der Waals surface area contributed by atoms with Crippen LogP contribution in [0.2, 0.25) is 0 Å². The van der Waals surface area contributed by atoms with Gasteiger partial charge in [0.05, 0.1) is 11.5 Å². The maximum Gasteiger partial charge on any atom is 0.407 e. The highest BCUT2D eigenvalue weighted by Gasteiger charge is 2.39. The van der Waals surface area contributed by atoms with Crippen molar-refractivity contribution in [3.05, 3.63) is 59.7 Å². The number of hydrogen-bond acceptors (Lipinski definition) is 4. The monoisotopic (exact) mass is 464 g/mol. The van der Waals surface area contributed by atoms with Crippen molar-refractivity contribution >= 4 is 18.0 Å². The van der Waals surface area contributed by atoms with Crippen LogP contribution in [0.15, 0.2) is 48.5 Å². The molecule has 2 aliphatic carbocycles. The van der Waals surface area contributed by atoms with Crippen molar-refractivity contribution in [3.63, 3.8) is 0 Å². The van der Waals surface area contributed by atoms with Crippen molar-refractivity contribution in [3.8, 4) is 11.1 Å². The molecule has 0 aromatic heterocycles. The van der Waals surface area contributed by atoms with E-state index in [9.17, 15) is 14.4 Å². The number of carboxylic acids is 1. The quantitative estimate of drug-likeness (QED) is 0.535. The van der Waals surface area contributed by atoms with Crippen LogP contribution in [0.3, 0.4) is 0 Å². The first-order chi connectivity index (χ1) is 16.3. The van der Waals surface area contributed by atoms with E-state index < -0.39 is 29.6 Å². The van der Waals surface area contributed by atoms with Crippen molar-refractivity contribution < 1.29 is 24.2 Å². The van der Waals surface area contributed by atoms with Crippen LogP contribution in [0.4, 0.5) is 4.79 Å². The standard InChI is InChI=1S/C27H32N2O5/c1-17(25(31)32)18(2)28-24(30)15-27(13-7-8-14-27)29-26(33)34-16-23-21-11-5-3-9-19(21)20-10-4-6-12-22(20)23/h3-6,9-12,17-18,23H,7-8,13-16H2,1-2H3,(H,28,30)(H,29,33)(H,31,32). The fourth-order valence-electron chi connectivity index (χ4n) is 5.20. The van der Waals surface area contributed by atoms with Gasteiger partial charge in [-0.05, 0) is 48.9 Å². The van der Waals surface area contributed by atoms with Crippen molar-refractivity contribution in [2.45, 2.75) is 63.5 Å². The molecule has 2 aromatic carbocycles. The van der Waals surface area contributed by atoms with Gasteiger partial charge in [-0.25, -0.2) is 4.79 Å². The molecule has 0 aliphatic heterocycles. The lowest BCUT2D eigenvalue weighted by molar-refractivity contribution is -0.142. The van der Waals surface area contributed by atoms with Crippen LogP contribution in [0.1, 0.15) is 63.0 Å². The van der Waals surface area contributed by atoms with Gasteiger partial charge >= 0.3 is 12.1 Å². The Morgan fingerprint density at radius 1 is 1.00 bits per heavy atom. The predicted octanol–water partition coefficient (Wildman–Crippen LogP) is 4.45. The Morgan fingerprint density at radius 2 is 1.56 bits per heavy atom. The Bertz CT molecular complexity index is 1030. The average Bonchev–Trinajstić information content (AvgIpc) is 3.39. The minimum absolute atomic E-state index is 0.0284. The number of aliphatic carboxylic acids is 1. The number of carbonyl (C=O) groups excluding carboxylic acids is 2. The van der Waals surface area contributed by atoms with Gasteiger partial charge in [-0.1, -0.05) is 61.4 Å². The number of rotatable bonds is 8. The van der Waals surface area contributed by atoms with Crippen LogP contribution in [-0.4, -0.2) is 41.3 Å². The molecule has 0 saturated heterocycles. The largest absolute Gasteiger partial charge is 0.481 e. The van der Waals surface area contributed by atoms with Gasteiger partial charge in [0.15, 0.2) is 0 Å². The fourth-order valence-corrected chi connectivity index (χ4v) is 5.20. The molecule has 2 aliphatic rings. The summed E-state index contributed by atoms with van der Waals surface area (Å²) in [5, 5.41) is 14.9. The van der Waals surface area contributed by atoms with Crippen molar-refractivity contribution in [1.29, 1.82) is 0 Å². The zero-order valence-electron chi connectivity index (χ0n) is 19.7. The Morgan fingerprint density at radius 3 is 2.12 bits per heavy atom. The maximum atomic E-state index is 12.8. The molecular formula is C27H32N2O5. The van der Waals surface area contributed by atoms with Gasteiger partial charge in [-0.15, -0.1) is 0 Å². The topological polar surface area (TPSA) is 105 Å². The van der Waals surface area contributed by atoms with Gasteiger partial charge in [0.1, 0.15) is 6.61 Å². The highest BCUT2D eigenvalue weighted by atomic mass is 16.5. The zero-order chi connectivity index (χ0) is 24.3. The molecule has 0 heterocycles. The molecule has 7 heteroatoms. The van der Waals surface area contributed by atoms with Crippen LogP contribution in [0.5, 0.6) is 0 Å². The second-order valence-corrected chi connectivity index (χ2v) is 9.60. The minimum atomic E-state index is -0.958. The van der Waals surface area contributed by atoms with Crippen LogP contribution in [0, 0.1) is 5.92 Å². The Hall–Kier alpha value is -3.35. The lowest BCUT2D eigenvalue weighted by Crippen LogP contribution is -2.51. The van der Waals surface area contributed by atoms with Crippen LogP contribution >= 0.6 is 0 Å². The molecule has 0 radical (unpaired) electrons. The lowest BCUT2D eigenvalue weighted by atomic mass is 9.92. The molecule has 1 saturated carbocycles. The van der Waals surface area contributed by atoms with Gasteiger partial charge in [0.25, 0.3) is 0 Å². The Labute approximate surface area is 199 Å². The summed E-state index contributed by atoms with van der Waals surface area (Å²) in [7, 11) is 0. The minimum Gasteiger partial charge on any atom is -0.481 e. The molecule has 34 heavy (non-hydrogen) atoms. The molecule has 2 aromatic rings. The summed E-state index contributed by atoms with van der Waals surface area (Å²) in [6.07, 6.45) is 2.79. The van der Waals surface area contributed by atoms with E-state index in [2.05, 4.69) is 34.9 Å². The SMILES string of the molecule is CC(NC(=O)CC1(NC(=O)OCC2c3ccccc3-c3ccccc32)CCCC1)C(C)C(=O)O. The summed E-state index contributed by atoms with van der Waals surface area (Å²) >= 11 is 0. The van der Waals surface area contributed by atoms with Crippen molar-refractivity contribution in [2.24, 2.45) is 5.92 Å². The number of nitrogens with one attached hydrogen (secondary N) is 2. The van der Waals surface area contributed by atoms with E-state index in [1.54, 1.807) is 13.8 Å². The van der Waals surface area contributed by atoms with Gasteiger partial charge in [0, 0.05) is 18.4 Å². The molecular weight excluding hydrogens is 432 g/mol. The average molecular weight is 465 g/mol. The molecule has 0 bridgehead atoms. The van der Waals surface area contributed by atoms with E-state index in [4.69, 9.17) is 9.84 Å². The van der Waals surface area contributed by atoms with Gasteiger partial charge in [-0.2, -0.15) is 0 Å². The molecule has 1 fully saturated rings. The number of amides is 2. The van der Waals surface area contributed by atoms with Crippen LogP contribution < -0.4 is 10.6 Å². The number of carbonyl (C=O) groups is 3. The summed E-state index contributed by atoms with van der Waals surface area (Å²) < 4.78 is 5.70. The number of ether oxygens (including phenoxy) is 1.